The zero-order chi connectivity index (χ0) is 12.3. The molecule has 1 aromatic rings. The lowest BCUT2D eigenvalue weighted by Gasteiger charge is -2.02. The molecule has 10 heteroatoms. The Balaban J connectivity index is 2.74. The average molecular weight is 351 g/mol. The van der Waals surface area contributed by atoms with Crippen LogP contribution in [0.25, 0.3) is 0 Å². The fraction of sp³-hybridized carbons (Fsp3) is 0.167. The highest BCUT2D eigenvalue weighted by Crippen LogP contribution is 2.34. The number of nitrogens with one attached hydrogen (secondary N) is 1. The number of carbonyl (C=O) groups is 1. The van der Waals surface area contributed by atoms with Crippen LogP contribution in [-0.4, -0.2) is 26.1 Å². The number of rotatable bonds is 5. The predicted octanol–water partition coefficient (Wildman–Crippen LogP) is 1.46. The maximum Gasteiger partial charge on any atom is 0.331 e. The van der Waals surface area contributed by atoms with Gasteiger partial charge in [0.05, 0.1) is 8.81 Å². The summed E-state index contributed by atoms with van der Waals surface area (Å²) >= 11 is 9.60. The number of carboxylic acids is 1. The molecule has 1 aromatic heterocycles. The number of hydrogen-bond acceptors (Lipinski definition) is 5. The fourth-order valence-electron chi connectivity index (χ4n) is 0.669. The van der Waals surface area contributed by atoms with E-state index in [4.69, 9.17) is 16.7 Å². The molecular formula is C6H5BrClNO5S2. The number of thiophene rings is 1. The zero-order valence-electron chi connectivity index (χ0n) is 7.44. The maximum atomic E-state index is 11.5. The molecular weight excluding hydrogens is 346 g/mol. The van der Waals surface area contributed by atoms with Gasteiger partial charge in [-0.15, -0.1) is 11.3 Å². The number of aliphatic carboxylic acids is 1. The van der Waals surface area contributed by atoms with Gasteiger partial charge in [0.25, 0.3) is 10.0 Å². The molecule has 0 aliphatic rings. The van der Waals surface area contributed by atoms with Crippen LogP contribution >= 0.6 is 38.9 Å². The van der Waals surface area contributed by atoms with Gasteiger partial charge in [0.2, 0.25) is 0 Å². The van der Waals surface area contributed by atoms with E-state index in [1.807, 2.05) is 0 Å². The minimum atomic E-state index is -3.89. The van der Waals surface area contributed by atoms with Crippen molar-refractivity contribution in [2.75, 3.05) is 6.61 Å². The maximum absolute atomic E-state index is 11.5. The summed E-state index contributed by atoms with van der Waals surface area (Å²) in [5.74, 6) is -1.28. The molecule has 0 aliphatic heterocycles. The highest BCUT2D eigenvalue weighted by Gasteiger charge is 2.19. The van der Waals surface area contributed by atoms with E-state index in [0.29, 0.717) is 3.79 Å². The summed E-state index contributed by atoms with van der Waals surface area (Å²) in [4.78, 5) is 16.0. The second-order valence-corrected chi connectivity index (χ2v) is 7.11. The van der Waals surface area contributed by atoms with Crippen LogP contribution in [0.4, 0.5) is 0 Å². The van der Waals surface area contributed by atoms with Gasteiger partial charge in [0, 0.05) is 0 Å². The summed E-state index contributed by atoms with van der Waals surface area (Å²) in [7, 11) is -3.89. The van der Waals surface area contributed by atoms with Crippen molar-refractivity contribution in [2.24, 2.45) is 0 Å². The molecule has 16 heavy (non-hydrogen) atoms. The molecule has 6 nitrogen and oxygen atoms in total. The first kappa shape index (κ1) is 13.9. The molecule has 1 heterocycles. The largest absolute Gasteiger partial charge is 0.479 e. The third-order valence-electron chi connectivity index (χ3n) is 1.25. The van der Waals surface area contributed by atoms with Crippen LogP contribution in [-0.2, 0) is 19.7 Å². The Morgan fingerprint density at radius 2 is 2.31 bits per heavy atom. The molecule has 0 unspecified atom stereocenters. The normalized spacial score (nSPS) is 11.6. The van der Waals surface area contributed by atoms with Crippen LogP contribution in [0.5, 0.6) is 0 Å². The van der Waals surface area contributed by atoms with Crippen molar-refractivity contribution in [1.29, 1.82) is 0 Å². The lowest BCUT2D eigenvalue weighted by Crippen LogP contribution is -2.26. The third kappa shape index (κ3) is 3.68. The Kier molecular flexibility index (Phi) is 4.71. The van der Waals surface area contributed by atoms with Gasteiger partial charge in [-0.2, -0.15) is 0 Å². The number of carboxylic acid groups (broad SMARTS) is 1. The van der Waals surface area contributed by atoms with Crippen molar-refractivity contribution < 1.29 is 23.2 Å². The molecule has 0 amide bonds. The van der Waals surface area contributed by atoms with Gasteiger partial charge >= 0.3 is 5.97 Å². The smallest absolute Gasteiger partial charge is 0.331 e. The zero-order valence-corrected chi connectivity index (χ0v) is 11.4. The number of sulfonamides is 1. The van der Waals surface area contributed by atoms with Crippen molar-refractivity contribution in [1.82, 2.24) is 4.89 Å². The monoisotopic (exact) mass is 349 g/mol. The van der Waals surface area contributed by atoms with Crippen LogP contribution in [0.3, 0.4) is 0 Å². The van der Waals surface area contributed by atoms with E-state index in [-0.39, 0.29) is 9.23 Å². The van der Waals surface area contributed by atoms with Gasteiger partial charge in [-0.25, -0.2) is 13.2 Å². The lowest BCUT2D eigenvalue weighted by atomic mass is 10.7. The van der Waals surface area contributed by atoms with Crippen LogP contribution < -0.4 is 4.89 Å². The first-order valence-corrected chi connectivity index (χ1v) is 7.10. The van der Waals surface area contributed by atoms with Gasteiger partial charge < -0.3 is 5.11 Å². The summed E-state index contributed by atoms with van der Waals surface area (Å²) in [5.41, 5.74) is 0. The Bertz CT molecular complexity index is 480. The first-order valence-electron chi connectivity index (χ1n) is 3.63. The van der Waals surface area contributed by atoms with E-state index >= 15 is 0 Å². The van der Waals surface area contributed by atoms with Gasteiger partial charge in [-0.05, 0) is 22.0 Å². The van der Waals surface area contributed by atoms with Crippen LogP contribution in [0.1, 0.15) is 0 Å². The molecule has 1 rings (SSSR count). The van der Waals surface area contributed by atoms with Crippen molar-refractivity contribution in [3.63, 3.8) is 0 Å². The average Bonchev–Trinajstić information content (AvgIpc) is 2.46. The van der Waals surface area contributed by atoms with E-state index in [9.17, 15) is 13.2 Å². The topological polar surface area (TPSA) is 92.7 Å². The second-order valence-electron chi connectivity index (χ2n) is 2.46. The summed E-state index contributed by atoms with van der Waals surface area (Å²) in [6.07, 6.45) is 0. The molecule has 0 fully saturated rings. The number of halogens is 2. The van der Waals surface area contributed by atoms with Crippen LogP contribution in [0.2, 0.25) is 5.02 Å². The van der Waals surface area contributed by atoms with E-state index < -0.39 is 22.6 Å². The van der Waals surface area contributed by atoms with Crippen LogP contribution in [0, 0.1) is 0 Å². The summed E-state index contributed by atoms with van der Waals surface area (Å²) in [6.45, 7) is -0.764. The van der Waals surface area contributed by atoms with Gasteiger partial charge in [-0.3, -0.25) is 4.84 Å². The molecule has 0 aromatic carbocycles. The standard InChI is InChI=1S/C6H5BrClNO5S2/c7-6-3(8)1-5(15-6)16(12,13)9-14-2-4(10)11/h1,9H,2H2,(H,10,11). The highest BCUT2D eigenvalue weighted by molar-refractivity contribution is 9.11. The van der Waals surface area contributed by atoms with E-state index in [0.717, 1.165) is 11.3 Å². The molecule has 0 saturated heterocycles. The SMILES string of the molecule is O=C(O)CONS(=O)(=O)c1cc(Cl)c(Br)s1. The molecule has 0 aliphatic carbocycles. The first-order chi connectivity index (χ1) is 7.33. The highest BCUT2D eigenvalue weighted by atomic mass is 79.9. The minimum Gasteiger partial charge on any atom is -0.479 e. The molecule has 90 valence electrons. The Morgan fingerprint density at radius 1 is 1.69 bits per heavy atom. The Labute approximate surface area is 108 Å². The second kappa shape index (κ2) is 5.43. The van der Waals surface area contributed by atoms with Crippen molar-refractivity contribution in [3.05, 3.63) is 14.9 Å². The fourth-order valence-corrected chi connectivity index (χ4v) is 3.85. The van der Waals surface area contributed by atoms with E-state index in [1.165, 1.54) is 6.07 Å². The van der Waals surface area contributed by atoms with Crippen molar-refractivity contribution >= 4 is 54.9 Å². The molecule has 0 spiro atoms. The van der Waals surface area contributed by atoms with Crippen LogP contribution in [0.15, 0.2) is 14.1 Å². The summed E-state index contributed by atoms with van der Waals surface area (Å²) in [5, 5.41) is 8.50. The van der Waals surface area contributed by atoms with Gasteiger partial charge in [0.15, 0.2) is 6.61 Å². The van der Waals surface area contributed by atoms with Gasteiger partial charge in [0.1, 0.15) is 4.21 Å². The number of hydrogen-bond donors (Lipinski definition) is 2. The molecule has 2 N–H and O–H groups in total. The van der Waals surface area contributed by atoms with E-state index in [2.05, 4.69) is 20.8 Å². The predicted molar refractivity (Wildman–Crippen MR) is 60.9 cm³/mol. The molecule has 0 bridgehead atoms. The minimum absolute atomic E-state index is 0.0743. The summed E-state index contributed by atoms with van der Waals surface area (Å²) < 4.78 is 23.4. The summed E-state index contributed by atoms with van der Waals surface area (Å²) in [6, 6.07) is 1.22. The van der Waals surface area contributed by atoms with Crippen molar-refractivity contribution in [2.45, 2.75) is 4.21 Å². The molecule has 0 radical (unpaired) electrons. The van der Waals surface area contributed by atoms with Crippen molar-refractivity contribution in [3.8, 4) is 0 Å². The lowest BCUT2D eigenvalue weighted by molar-refractivity contribution is -0.143. The van der Waals surface area contributed by atoms with Gasteiger partial charge in [-0.1, -0.05) is 16.5 Å². The quantitative estimate of drug-likeness (QED) is 0.784. The third-order valence-corrected chi connectivity index (χ3v) is 5.41. The van der Waals surface area contributed by atoms with E-state index in [1.54, 1.807) is 4.89 Å². The Hall–Kier alpha value is -0.190. The Morgan fingerprint density at radius 3 is 2.75 bits per heavy atom. The molecule has 0 saturated carbocycles. The molecule has 0 atom stereocenters.